The van der Waals surface area contributed by atoms with Crippen LogP contribution in [0.2, 0.25) is 0 Å². The van der Waals surface area contributed by atoms with Gasteiger partial charge in [0.2, 0.25) is 0 Å². The van der Waals surface area contributed by atoms with Crippen molar-refractivity contribution in [3.63, 3.8) is 0 Å². The summed E-state index contributed by atoms with van der Waals surface area (Å²) in [5.41, 5.74) is 3.69. The zero-order valence-electron chi connectivity index (χ0n) is 9.20. The van der Waals surface area contributed by atoms with Crippen LogP contribution < -0.4 is 0 Å². The van der Waals surface area contributed by atoms with E-state index in [2.05, 4.69) is 55.4 Å². The molecule has 0 aliphatic heterocycles. The van der Waals surface area contributed by atoms with Gasteiger partial charge in [-0.25, -0.2) is 4.98 Å². The first-order valence-electron chi connectivity index (χ1n) is 4.93. The van der Waals surface area contributed by atoms with E-state index < -0.39 is 0 Å². The number of hydrogen-bond donors (Lipinski definition) is 0. The molecule has 0 aliphatic carbocycles. The Bertz CT molecular complexity index is 461. The van der Waals surface area contributed by atoms with Crippen LogP contribution in [0, 0.1) is 6.92 Å². The van der Waals surface area contributed by atoms with Crippen LogP contribution in [0.1, 0.15) is 32.0 Å². The maximum atomic E-state index is 4.41. The number of imidazole rings is 1. The average Bonchev–Trinajstić information content (AvgIpc) is 2.45. The normalized spacial score (nSPS) is 12.3. The van der Waals surface area contributed by atoms with Gasteiger partial charge in [0.05, 0.1) is 0 Å². The molecule has 14 heavy (non-hydrogen) atoms. The highest BCUT2D eigenvalue weighted by atomic mass is 15.0. The van der Waals surface area contributed by atoms with Gasteiger partial charge < -0.3 is 4.40 Å². The minimum absolute atomic E-state index is 0.147. The molecule has 0 fully saturated rings. The van der Waals surface area contributed by atoms with Crippen molar-refractivity contribution in [2.24, 2.45) is 0 Å². The van der Waals surface area contributed by atoms with Gasteiger partial charge in [-0.2, -0.15) is 0 Å². The zero-order valence-corrected chi connectivity index (χ0v) is 9.20. The summed E-state index contributed by atoms with van der Waals surface area (Å²) in [7, 11) is 0. The van der Waals surface area contributed by atoms with Gasteiger partial charge in [-0.15, -0.1) is 0 Å². The molecule has 0 unspecified atom stereocenters. The molecule has 2 heterocycles. The van der Waals surface area contributed by atoms with E-state index in [1.54, 1.807) is 0 Å². The van der Waals surface area contributed by atoms with Crippen molar-refractivity contribution < 1.29 is 0 Å². The monoisotopic (exact) mass is 188 g/mol. The smallest absolute Gasteiger partial charge is 0.137 e. The van der Waals surface area contributed by atoms with Gasteiger partial charge in [-0.3, -0.25) is 0 Å². The first-order chi connectivity index (χ1) is 6.48. The highest BCUT2D eigenvalue weighted by Gasteiger charge is 2.17. The van der Waals surface area contributed by atoms with Gasteiger partial charge in [-0.1, -0.05) is 20.8 Å². The van der Waals surface area contributed by atoms with Gasteiger partial charge in [-0.05, 0) is 24.6 Å². The van der Waals surface area contributed by atoms with Crippen LogP contribution in [0.25, 0.3) is 5.65 Å². The SMILES string of the molecule is Cc1ccn2c(C(C)(C)C)cnc2c1. The lowest BCUT2D eigenvalue weighted by Gasteiger charge is -2.17. The van der Waals surface area contributed by atoms with Gasteiger partial charge in [0.25, 0.3) is 0 Å². The molecule has 0 saturated carbocycles. The van der Waals surface area contributed by atoms with E-state index in [0.717, 1.165) is 5.65 Å². The number of hydrogen-bond acceptors (Lipinski definition) is 1. The molecular weight excluding hydrogens is 172 g/mol. The summed E-state index contributed by atoms with van der Waals surface area (Å²) in [6.45, 7) is 8.70. The van der Waals surface area contributed by atoms with E-state index in [1.807, 2.05) is 6.20 Å². The Balaban J connectivity index is 2.70. The predicted octanol–water partition coefficient (Wildman–Crippen LogP) is 2.94. The molecule has 0 amide bonds. The number of rotatable bonds is 0. The molecule has 2 aromatic heterocycles. The summed E-state index contributed by atoms with van der Waals surface area (Å²) in [4.78, 5) is 4.41. The summed E-state index contributed by atoms with van der Waals surface area (Å²) < 4.78 is 2.16. The van der Waals surface area contributed by atoms with Crippen LogP contribution in [0.3, 0.4) is 0 Å². The molecular formula is C12H16N2. The summed E-state index contributed by atoms with van der Waals surface area (Å²) in [6.07, 6.45) is 4.06. The van der Waals surface area contributed by atoms with Crippen LogP contribution in [0.5, 0.6) is 0 Å². The summed E-state index contributed by atoms with van der Waals surface area (Å²) in [5, 5.41) is 0. The van der Waals surface area contributed by atoms with Crippen molar-refractivity contribution in [1.82, 2.24) is 9.38 Å². The van der Waals surface area contributed by atoms with Crippen molar-refractivity contribution in [2.45, 2.75) is 33.1 Å². The van der Waals surface area contributed by atoms with Crippen LogP contribution >= 0.6 is 0 Å². The highest BCUT2D eigenvalue weighted by molar-refractivity contribution is 5.44. The van der Waals surface area contributed by atoms with Crippen LogP contribution in [0.4, 0.5) is 0 Å². The Kier molecular flexibility index (Phi) is 1.88. The quantitative estimate of drug-likeness (QED) is 0.621. The standard InChI is InChI=1S/C12H16N2/c1-9-5-6-14-10(12(2,3)4)8-13-11(14)7-9/h5-8H,1-4H3. The predicted molar refractivity (Wildman–Crippen MR) is 58.6 cm³/mol. The Morgan fingerprint density at radius 1 is 1.29 bits per heavy atom. The third-order valence-corrected chi connectivity index (χ3v) is 2.44. The molecule has 0 saturated heterocycles. The fourth-order valence-corrected chi connectivity index (χ4v) is 1.64. The lowest BCUT2D eigenvalue weighted by molar-refractivity contribution is 0.563. The van der Waals surface area contributed by atoms with Crippen LogP contribution in [0.15, 0.2) is 24.5 Å². The summed E-state index contributed by atoms with van der Waals surface area (Å²) in [6, 6.07) is 4.22. The number of pyridine rings is 1. The molecule has 2 aromatic rings. The first kappa shape index (κ1) is 9.25. The van der Waals surface area contributed by atoms with E-state index in [9.17, 15) is 0 Å². The largest absolute Gasteiger partial charge is 0.304 e. The Labute approximate surface area is 84.6 Å². The molecule has 0 radical (unpaired) electrons. The molecule has 2 nitrogen and oxygen atoms in total. The van der Waals surface area contributed by atoms with Crippen molar-refractivity contribution in [3.05, 3.63) is 35.8 Å². The second kappa shape index (κ2) is 2.84. The first-order valence-corrected chi connectivity index (χ1v) is 4.93. The molecule has 0 aliphatic rings. The second-order valence-corrected chi connectivity index (χ2v) is 4.83. The van der Waals surface area contributed by atoms with E-state index in [1.165, 1.54) is 11.3 Å². The number of fused-ring (bicyclic) bond motifs is 1. The van der Waals surface area contributed by atoms with E-state index in [0.29, 0.717) is 0 Å². The number of aryl methyl sites for hydroxylation is 1. The van der Waals surface area contributed by atoms with Crippen molar-refractivity contribution in [2.75, 3.05) is 0 Å². The van der Waals surface area contributed by atoms with E-state index in [4.69, 9.17) is 0 Å². The van der Waals surface area contributed by atoms with Gasteiger partial charge in [0.1, 0.15) is 5.65 Å². The molecule has 0 aromatic carbocycles. The average molecular weight is 188 g/mol. The third-order valence-electron chi connectivity index (χ3n) is 2.44. The van der Waals surface area contributed by atoms with Crippen LogP contribution in [-0.2, 0) is 5.41 Å². The fourth-order valence-electron chi connectivity index (χ4n) is 1.64. The minimum atomic E-state index is 0.147. The molecule has 0 spiro atoms. The molecule has 0 atom stereocenters. The topological polar surface area (TPSA) is 17.3 Å². The summed E-state index contributed by atoms with van der Waals surface area (Å²) >= 11 is 0. The van der Waals surface area contributed by atoms with E-state index in [-0.39, 0.29) is 5.41 Å². The van der Waals surface area contributed by atoms with Gasteiger partial charge in [0, 0.05) is 23.5 Å². The zero-order chi connectivity index (χ0) is 10.3. The minimum Gasteiger partial charge on any atom is -0.304 e. The summed E-state index contributed by atoms with van der Waals surface area (Å²) in [5.74, 6) is 0. The maximum absolute atomic E-state index is 4.41. The lowest BCUT2D eigenvalue weighted by Crippen LogP contribution is -2.13. The Morgan fingerprint density at radius 3 is 2.64 bits per heavy atom. The number of aromatic nitrogens is 2. The highest BCUT2D eigenvalue weighted by Crippen LogP contribution is 2.23. The van der Waals surface area contributed by atoms with Crippen LogP contribution in [-0.4, -0.2) is 9.38 Å². The van der Waals surface area contributed by atoms with Crippen molar-refractivity contribution in [1.29, 1.82) is 0 Å². The van der Waals surface area contributed by atoms with Gasteiger partial charge in [0.15, 0.2) is 0 Å². The second-order valence-electron chi connectivity index (χ2n) is 4.83. The van der Waals surface area contributed by atoms with Crippen molar-refractivity contribution >= 4 is 5.65 Å². The van der Waals surface area contributed by atoms with Crippen molar-refractivity contribution in [3.8, 4) is 0 Å². The maximum Gasteiger partial charge on any atom is 0.137 e. The van der Waals surface area contributed by atoms with E-state index >= 15 is 0 Å². The number of nitrogens with zero attached hydrogens (tertiary/aromatic N) is 2. The molecule has 0 N–H and O–H groups in total. The molecule has 0 bridgehead atoms. The molecule has 2 heteroatoms. The lowest BCUT2D eigenvalue weighted by atomic mass is 9.93. The Hall–Kier alpha value is -1.31. The Morgan fingerprint density at radius 2 is 2.00 bits per heavy atom. The molecule has 2 rings (SSSR count). The fraction of sp³-hybridized carbons (Fsp3) is 0.417. The molecule has 74 valence electrons. The third kappa shape index (κ3) is 1.41. The van der Waals surface area contributed by atoms with Gasteiger partial charge >= 0.3 is 0 Å².